The minimum absolute atomic E-state index is 0.417. The average Bonchev–Trinajstić information content (AvgIpc) is 3.05. The zero-order valence-corrected chi connectivity index (χ0v) is 20.4. The molecule has 0 aromatic carbocycles. The highest BCUT2D eigenvalue weighted by Crippen LogP contribution is 2.66. The molecule has 3 fully saturated rings. The minimum atomic E-state index is 0.417. The van der Waals surface area contributed by atoms with Crippen molar-refractivity contribution >= 4 is 0 Å². The molecule has 0 aromatic heterocycles. The maximum absolute atomic E-state index is 6.06. The van der Waals surface area contributed by atoms with Gasteiger partial charge in [-0.2, -0.15) is 0 Å². The van der Waals surface area contributed by atoms with Gasteiger partial charge in [0.05, 0.1) is 12.7 Å². The molecule has 0 bridgehead atoms. The van der Waals surface area contributed by atoms with Gasteiger partial charge in [0.25, 0.3) is 0 Å². The van der Waals surface area contributed by atoms with Crippen LogP contribution in [0.4, 0.5) is 0 Å². The second kappa shape index (κ2) is 9.26. The molecule has 30 heavy (non-hydrogen) atoms. The number of nitrogens with two attached hydrogens (primary N) is 1. The predicted molar refractivity (Wildman–Crippen MR) is 127 cm³/mol. The molecule has 0 heterocycles. The molecule has 7 atom stereocenters. The summed E-state index contributed by atoms with van der Waals surface area (Å²) in [5.41, 5.74) is 8.49. The summed E-state index contributed by atoms with van der Waals surface area (Å²) in [5, 5.41) is 0. The number of unbranched alkanes of at least 4 members (excludes halogenated alkanes) is 1. The molecule has 0 amide bonds. The van der Waals surface area contributed by atoms with E-state index in [2.05, 4.69) is 33.8 Å². The second-order valence-corrected chi connectivity index (χ2v) is 12.3. The molecule has 2 nitrogen and oxygen atoms in total. The highest BCUT2D eigenvalue weighted by atomic mass is 16.5. The van der Waals surface area contributed by atoms with Crippen molar-refractivity contribution in [1.29, 1.82) is 0 Å². The van der Waals surface area contributed by atoms with E-state index < -0.39 is 0 Å². The summed E-state index contributed by atoms with van der Waals surface area (Å²) >= 11 is 0. The molecule has 0 radical (unpaired) electrons. The van der Waals surface area contributed by atoms with E-state index in [1.807, 2.05) is 0 Å². The summed E-state index contributed by atoms with van der Waals surface area (Å²) in [6, 6.07) is 0. The van der Waals surface area contributed by atoms with Gasteiger partial charge in [0.1, 0.15) is 0 Å². The van der Waals surface area contributed by atoms with E-state index in [-0.39, 0.29) is 0 Å². The average molecular weight is 416 g/mol. The summed E-state index contributed by atoms with van der Waals surface area (Å²) in [6.45, 7) is 11.4. The zero-order valence-electron chi connectivity index (χ0n) is 20.4. The minimum Gasteiger partial charge on any atom is -0.377 e. The molecule has 3 saturated carbocycles. The first-order valence-electron chi connectivity index (χ1n) is 13.4. The number of ether oxygens (including phenoxy) is 1. The fourth-order valence-corrected chi connectivity index (χ4v) is 8.53. The maximum Gasteiger partial charge on any atom is 0.0613 e. The van der Waals surface area contributed by atoms with Gasteiger partial charge in [-0.15, -0.1) is 0 Å². The Morgan fingerprint density at radius 3 is 2.67 bits per heavy atom. The molecule has 4 aliphatic rings. The van der Waals surface area contributed by atoms with Crippen molar-refractivity contribution in [2.45, 2.75) is 111 Å². The van der Waals surface area contributed by atoms with Gasteiger partial charge >= 0.3 is 0 Å². The van der Waals surface area contributed by atoms with Crippen LogP contribution < -0.4 is 5.73 Å². The first-order valence-corrected chi connectivity index (χ1v) is 13.4. The van der Waals surface area contributed by atoms with Crippen LogP contribution in [0.5, 0.6) is 0 Å². The van der Waals surface area contributed by atoms with Gasteiger partial charge in [0.15, 0.2) is 0 Å². The van der Waals surface area contributed by atoms with Crippen molar-refractivity contribution in [3.05, 3.63) is 11.6 Å². The lowest BCUT2D eigenvalue weighted by molar-refractivity contribution is -0.0581. The van der Waals surface area contributed by atoms with E-state index in [0.717, 1.165) is 36.2 Å². The molecular formula is C28H49NO. The lowest BCUT2D eigenvalue weighted by atomic mass is 9.47. The van der Waals surface area contributed by atoms with Crippen molar-refractivity contribution in [3.63, 3.8) is 0 Å². The molecular weight excluding hydrogens is 366 g/mol. The number of rotatable bonds is 8. The van der Waals surface area contributed by atoms with E-state index in [1.54, 1.807) is 5.57 Å². The van der Waals surface area contributed by atoms with Gasteiger partial charge in [-0.05, 0) is 98.2 Å². The third-order valence-electron chi connectivity index (χ3n) is 10.3. The Morgan fingerprint density at radius 2 is 1.90 bits per heavy atom. The van der Waals surface area contributed by atoms with E-state index in [1.165, 1.54) is 77.0 Å². The Hall–Kier alpha value is -0.340. The van der Waals surface area contributed by atoms with E-state index >= 15 is 0 Å². The maximum atomic E-state index is 6.06. The van der Waals surface area contributed by atoms with Crippen molar-refractivity contribution in [3.8, 4) is 0 Å². The Bertz CT molecular complexity index is 612. The van der Waals surface area contributed by atoms with Crippen LogP contribution in [0.15, 0.2) is 11.6 Å². The number of hydrogen-bond donors (Lipinski definition) is 1. The molecule has 2 unspecified atom stereocenters. The third-order valence-corrected chi connectivity index (χ3v) is 10.3. The molecule has 172 valence electrons. The van der Waals surface area contributed by atoms with Crippen LogP contribution in [0.25, 0.3) is 0 Å². The molecule has 2 heteroatoms. The predicted octanol–water partition coefficient (Wildman–Crippen LogP) is 7.13. The van der Waals surface area contributed by atoms with E-state index in [4.69, 9.17) is 10.5 Å². The first kappa shape index (κ1) is 22.8. The summed E-state index contributed by atoms with van der Waals surface area (Å²) in [5.74, 6) is 4.71. The van der Waals surface area contributed by atoms with Gasteiger partial charge in [0, 0.05) is 6.54 Å². The fraction of sp³-hybridized carbons (Fsp3) is 0.929. The summed E-state index contributed by atoms with van der Waals surface area (Å²) in [6.07, 6.45) is 20.0. The van der Waals surface area contributed by atoms with Crippen molar-refractivity contribution in [1.82, 2.24) is 0 Å². The summed E-state index contributed by atoms with van der Waals surface area (Å²) in [4.78, 5) is 0. The first-order chi connectivity index (χ1) is 14.4. The van der Waals surface area contributed by atoms with Crippen LogP contribution >= 0.6 is 0 Å². The van der Waals surface area contributed by atoms with Gasteiger partial charge in [-0.1, -0.05) is 58.6 Å². The van der Waals surface area contributed by atoms with Crippen LogP contribution in [-0.2, 0) is 4.74 Å². The molecule has 2 N–H and O–H groups in total. The quantitative estimate of drug-likeness (QED) is 0.338. The van der Waals surface area contributed by atoms with Crippen molar-refractivity contribution in [2.24, 2.45) is 46.2 Å². The molecule has 0 aliphatic heterocycles. The molecule has 0 saturated heterocycles. The standard InChI is InChI=1S/C28H49NO/c1-20(2)7-5-6-8-21-10-12-25-24-11-9-22-19-23(30-18-17-29)13-15-28(22,4)26(24)14-16-27(21,25)3/h9,20-21,23-26H,5-8,10-19,29H2,1-4H3/t21-,23-,24-,25?,26?,27+,28-/m0/s1. The largest absolute Gasteiger partial charge is 0.377 e. The molecule has 0 spiro atoms. The summed E-state index contributed by atoms with van der Waals surface area (Å²) in [7, 11) is 0. The van der Waals surface area contributed by atoms with Gasteiger partial charge < -0.3 is 10.5 Å². The topological polar surface area (TPSA) is 35.2 Å². The van der Waals surface area contributed by atoms with Crippen molar-refractivity contribution in [2.75, 3.05) is 13.2 Å². The lowest BCUT2D eigenvalue weighted by Gasteiger charge is -2.58. The third kappa shape index (κ3) is 4.17. The monoisotopic (exact) mass is 415 g/mol. The second-order valence-electron chi connectivity index (χ2n) is 12.3. The van der Waals surface area contributed by atoms with E-state index in [9.17, 15) is 0 Å². The normalized spacial score (nSPS) is 43.1. The SMILES string of the molecule is CC(C)CCCC[C@H]1CCC2[C@@H]3CC=C4C[C@@H](OCCN)CC[C@]4(C)C3CC[C@@]21C. The Morgan fingerprint density at radius 1 is 1.07 bits per heavy atom. The Balaban J connectivity index is 1.42. The number of allylic oxidation sites excluding steroid dienone is 1. The Kier molecular flexibility index (Phi) is 7.05. The molecule has 0 aromatic rings. The van der Waals surface area contributed by atoms with Crippen LogP contribution in [0.3, 0.4) is 0 Å². The molecule has 4 aliphatic carbocycles. The Labute approximate surface area is 186 Å². The van der Waals surface area contributed by atoms with Crippen LogP contribution in [-0.4, -0.2) is 19.3 Å². The highest BCUT2D eigenvalue weighted by molar-refractivity contribution is 5.25. The highest BCUT2D eigenvalue weighted by Gasteiger charge is 2.58. The van der Waals surface area contributed by atoms with Crippen LogP contribution in [0, 0.1) is 40.4 Å². The molecule has 4 rings (SSSR count). The number of fused-ring (bicyclic) bond motifs is 5. The van der Waals surface area contributed by atoms with E-state index in [0.29, 0.717) is 23.5 Å². The summed E-state index contributed by atoms with van der Waals surface area (Å²) < 4.78 is 6.06. The van der Waals surface area contributed by atoms with Crippen LogP contribution in [0.2, 0.25) is 0 Å². The van der Waals surface area contributed by atoms with Gasteiger partial charge in [-0.25, -0.2) is 0 Å². The fourth-order valence-electron chi connectivity index (χ4n) is 8.53. The van der Waals surface area contributed by atoms with Crippen LogP contribution in [0.1, 0.15) is 105 Å². The van der Waals surface area contributed by atoms with Crippen molar-refractivity contribution < 1.29 is 4.74 Å². The van der Waals surface area contributed by atoms with Gasteiger partial charge in [-0.3, -0.25) is 0 Å². The lowest BCUT2D eigenvalue weighted by Crippen LogP contribution is -2.50. The smallest absolute Gasteiger partial charge is 0.0613 e. The zero-order chi connectivity index (χ0) is 21.4. The number of hydrogen-bond acceptors (Lipinski definition) is 2. The van der Waals surface area contributed by atoms with Gasteiger partial charge in [0.2, 0.25) is 0 Å².